The Kier molecular flexibility index (Phi) is 8.41. The fourth-order valence-electron chi connectivity index (χ4n) is 5.50. The molecule has 0 radical (unpaired) electrons. The number of likely N-dealkylation sites (N-methyl/N-ethyl adjacent to an activating group) is 1. The molecule has 3 nitrogen and oxygen atoms in total. The summed E-state index contributed by atoms with van der Waals surface area (Å²) in [6.45, 7) is 22.5. The molecule has 0 bridgehead atoms. The van der Waals surface area contributed by atoms with Crippen LogP contribution in [0.4, 0.5) is 0 Å². The number of piperazine rings is 1. The number of benzene rings is 1. The molecule has 0 amide bonds. The van der Waals surface area contributed by atoms with Crippen molar-refractivity contribution in [3.05, 3.63) is 82.2 Å². The Balaban J connectivity index is 2.21. The van der Waals surface area contributed by atoms with Gasteiger partial charge in [0.1, 0.15) is 5.76 Å². The number of allylic oxidation sites excluding steroid dienone is 2. The lowest BCUT2D eigenvalue weighted by Crippen LogP contribution is -2.55. The highest BCUT2D eigenvalue weighted by atomic mass is 16.3. The highest BCUT2D eigenvalue weighted by molar-refractivity contribution is 5.70. The van der Waals surface area contributed by atoms with Crippen LogP contribution in [-0.2, 0) is 6.42 Å². The Morgan fingerprint density at radius 3 is 2.40 bits per heavy atom. The molecule has 0 spiro atoms. The van der Waals surface area contributed by atoms with Crippen molar-refractivity contribution in [3.8, 4) is 0 Å². The molecular formula is C32H46N2O. The number of nitrogens with zero attached hydrogens (tertiary/aromatic N) is 2. The Morgan fingerprint density at radius 2 is 1.80 bits per heavy atom. The lowest BCUT2D eigenvalue weighted by molar-refractivity contribution is 0.129. The van der Waals surface area contributed by atoms with Crippen LogP contribution in [0.1, 0.15) is 79.2 Å². The fraction of sp³-hybridized carbons (Fsp3) is 0.500. The van der Waals surface area contributed by atoms with E-state index < -0.39 is 0 Å². The molecule has 0 saturated carbocycles. The van der Waals surface area contributed by atoms with Gasteiger partial charge in [-0.15, -0.1) is 0 Å². The molecule has 3 heteroatoms. The first-order valence-electron chi connectivity index (χ1n) is 13.3. The average Bonchev–Trinajstić information content (AvgIpc) is 2.77. The molecule has 3 rings (SSSR count). The van der Waals surface area contributed by atoms with Crippen molar-refractivity contribution < 1.29 is 5.11 Å². The monoisotopic (exact) mass is 474 g/mol. The van der Waals surface area contributed by atoms with E-state index >= 15 is 0 Å². The van der Waals surface area contributed by atoms with Crippen molar-refractivity contribution in [2.45, 2.75) is 86.1 Å². The summed E-state index contributed by atoms with van der Waals surface area (Å²) in [4.78, 5) is 4.78. The van der Waals surface area contributed by atoms with Gasteiger partial charge in [-0.05, 0) is 54.5 Å². The van der Waals surface area contributed by atoms with E-state index in [0.717, 1.165) is 24.2 Å². The number of aryl methyl sites for hydroxylation is 1. The number of aliphatic hydroxyl groups excluding tert-OH is 1. The molecule has 35 heavy (non-hydrogen) atoms. The summed E-state index contributed by atoms with van der Waals surface area (Å²) in [7, 11) is 2.21. The SMILES string of the molecule is C=C(O)C1=CN2C(=CC1=C)/C(=c1\cccc(CCCCCCC)c1=C(C)C)N(C)CC2C(C)(C)C. The van der Waals surface area contributed by atoms with E-state index in [0.29, 0.717) is 5.57 Å². The van der Waals surface area contributed by atoms with E-state index in [1.54, 1.807) is 0 Å². The van der Waals surface area contributed by atoms with Crippen molar-refractivity contribution in [1.29, 1.82) is 0 Å². The minimum Gasteiger partial charge on any atom is -0.508 e. The maximum Gasteiger partial charge on any atom is 0.117 e. The number of hydrogen-bond acceptors (Lipinski definition) is 3. The minimum atomic E-state index is 0.0475. The van der Waals surface area contributed by atoms with E-state index in [9.17, 15) is 5.11 Å². The molecule has 190 valence electrons. The Bertz CT molecular complexity index is 1150. The van der Waals surface area contributed by atoms with Crippen LogP contribution >= 0.6 is 0 Å². The molecule has 1 saturated heterocycles. The molecule has 1 aromatic rings. The highest BCUT2D eigenvalue weighted by Crippen LogP contribution is 2.40. The van der Waals surface area contributed by atoms with Gasteiger partial charge in [0.2, 0.25) is 0 Å². The number of aliphatic hydroxyl groups is 1. The third kappa shape index (κ3) is 5.77. The second kappa shape index (κ2) is 10.9. The minimum absolute atomic E-state index is 0.0475. The van der Waals surface area contributed by atoms with Gasteiger partial charge in [-0.1, -0.05) is 90.3 Å². The molecule has 0 aliphatic carbocycles. The topological polar surface area (TPSA) is 26.7 Å². The summed E-state index contributed by atoms with van der Waals surface area (Å²) in [6.07, 6.45) is 11.8. The van der Waals surface area contributed by atoms with Gasteiger partial charge in [-0.3, -0.25) is 0 Å². The normalized spacial score (nSPS) is 19.9. The first-order valence-corrected chi connectivity index (χ1v) is 13.3. The second-order valence-corrected chi connectivity index (χ2v) is 11.6. The van der Waals surface area contributed by atoms with Crippen LogP contribution in [0.25, 0.3) is 11.3 Å². The smallest absolute Gasteiger partial charge is 0.117 e. The molecule has 1 unspecified atom stereocenters. The average molecular weight is 475 g/mol. The van der Waals surface area contributed by atoms with Crippen molar-refractivity contribution in [3.63, 3.8) is 0 Å². The van der Waals surface area contributed by atoms with Crippen LogP contribution in [0.5, 0.6) is 0 Å². The van der Waals surface area contributed by atoms with Crippen LogP contribution in [0.3, 0.4) is 0 Å². The summed E-state index contributed by atoms with van der Waals surface area (Å²) >= 11 is 0. The third-order valence-electron chi connectivity index (χ3n) is 7.38. The van der Waals surface area contributed by atoms with Crippen molar-refractivity contribution in [2.75, 3.05) is 13.6 Å². The van der Waals surface area contributed by atoms with Crippen LogP contribution < -0.4 is 10.4 Å². The van der Waals surface area contributed by atoms with Crippen molar-refractivity contribution in [2.24, 2.45) is 5.41 Å². The van der Waals surface area contributed by atoms with Crippen LogP contribution in [0, 0.1) is 5.41 Å². The lowest BCUT2D eigenvalue weighted by atomic mass is 9.82. The largest absolute Gasteiger partial charge is 0.508 e. The maximum atomic E-state index is 10.3. The van der Waals surface area contributed by atoms with Crippen LogP contribution in [0.2, 0.25) is 0 Å². The van der Waals surface area contributed by atoms with Crippen LogP contribution in [0.15, 0.2) is 66.2 Å². The number of fused-ring (bicyclic) bond motifs is 1. The Hall–Kier alpha value is -2.68. The molecular weight excluding hydrogens is 428 g/mol. The van der Waals surface area contributed by atoms with Gasteiger partial charge in [0.25, 0.3) is 0 Å². The molecule has 1 fully saturated rings. The van der Waals surface area contributed by atoms with Gasteiger partial charge in [-0.25, -0.2) is 0 Å². The summed E-state index contributed by atoms with van der Waals surface area (Å²) in [5.41, 5.74) is 6.74. The van der Waals surface area contributed by atoms with Gasteiger partial charge in [-0.2, -0.15) is 0 Å². The molecule has 2 heterocycles. The number of rotatable bonds is 7. The first-order chi connectivity index (χ1) is 16.5. The van der Waals surface area contributed by atoms with E-state index in [4.69, 9.17) is 0 Å². The van der Waals surface area contributed by atoms with Crippen LogP contribution in [-0.4, -0.2) is 34.5 Å². The predicted molar refractivity (Wildman–Crippen MR) is 151 cm³/mol. The molecule has 2 aliphatic rings. The van der Waals surface area contributed by atoms with Gasteiger partial charge >= 0.3 is 0 Å². The molecule has 1 atom stereocenters. The zero-order valence-corrected chi connectivity index (χ0v) is 23.2. The van der Waals surface area contributed by atoms with E-state index in [1.165, 1.54) is 59.4 Å². The lowest BCUT2D eigenvalue weighted by Gasteiger charge is -2.50. The molecule has 1 N–H and O–H groups in total. The zero-order chi connectivity index (χ0) is 25.9. The van der Waals surface area contributed by atoms with Gasteiger partial charge < -0.3 is 14.9 Å². The van der Waals surface area contributed by atoms with E-state index in [1.807, 2.05) is 0 Å². The third-order valence-corrected chi connectivity index (χ3v) is 7.38. The molecule has 1 aromatic carbocycles. The van der Waals surface area contributed by atoms with Gasteiger partial charge in [0, 0.05) is 30.6 Å². The first kappa shape index (κ1) is 26.9. The quantitative estimate of drug-likeness (QED) is 0.358. The maximum absolute atomic E-state index is 10.3. The van der Waals surface area contributed by atoms with Gasteiger partial charge in [0.15, 0.2) is 0 Å². The molecule has 0 aromatic heterocycles. The Morgan fingerprint density at radius 1 is 1.11 bits per heavy atom. The molecule has 2 aliphatic heterocycles. The predicted octanol–water partition coefficient (Wildman–Crippen LogP) is 6.57. The summed E-state index contributed by atoms with van der Waals surface area (Å²) < 4.78 is 0. The zero-order valence-electron chi connectivity index (χ0n) is 23.2. The highest BCUT2D eigenvalue weighted by Gasteiger charge is 2.39. The Labute approximate surface area is 213 Å². The summed E-state index contributed by atoms with van der Waals surface area (Å²) in [6, 6.07) is 7.06. The summed E-state index contributed by atoms with van der Waals surface area (Å²) in [5, 5.41) is 12.9. The van der Waals surface area contributed by atoms with Gasteiger partial charge in [0.05, 0.1) is 17.4 Å². The van der Waals surface area contributed by atoms with E-state index in [2.05, 4.69) is 102 Å². The van der Waals surface area contributed by atoms with Crippen molar-refractivity contribution >= 4 is 11.3 Å². The van der Waals surface area contributed by atoms with E-state index in [-0.39, 0.29) is 17.2 Å². The summed E-state index contributed by atoms with van der Waals surface area (Å²) in [5.74, 6) is 0.0712. The number of hydrogen-bond donors (Lipinski definition) is 1. The number of unbranched alkanes of at least 4 members (excludes halogenated alkanes) is 4. The second-order valence-electron chi connectivity index (χ2n) is 11.6. The fourth-order valence-corrected chi connectivity index (χ4v) is 5.50. The standard InChI is InChI=1S/C32H46N2O/c1-10-11-12-13-14-16-25-17-15-18-26(30(25)22(2)3)31-28-19-23(4)27(24(5)35)20-34(28)29(21-33(31)9)32(6,7)8/h15,17-20,29,35H,4-5,10-14,16,21H2,1-3,6-9H3/b31-26-. The van der Waals surface area contributed by atoms with Crippen molar-refractivity contribution in [1.82, 2.24) is 9.80 Å².